The lowest BCUT2D eigenvalue weighted by molar-refractivity contribution is -0.136. The topological polar surface area (TPSA) is 106 Å². The van der Waals surface area contributed by atoms with Crippen LogP contribution in [0, 0.1) is 0 Å². The number of carbonyl (C=O) groups is 3. The molecule has 32 heavy (non-hydrogen) atoms. The number of esters is 1. The van der Waals surface area contributed by atoms with E-state index in [0.717, 1.165) is 10.5 Å². The van der Waals surface area contributed by atoms with Crippen LogP contribution in [0.25, 0.3) is 0 Å². The molecule has 164 valence electrons. The van der Waals surface area contributed by atoms with Crippen molar-refractivity contribution in [2.45, 2.75) is 10.9 Å². The summed E-state index contributed by atoms with van der Waals surface area (Å²) >= 11 is 1.60. The van der Waals surface area contributed by atoms with Crippen LogP contribution >= 0.6 is 11.8 Å². The first-order valence-electron chi connectivity index (χ1n) is 9.85. The molecule has 1 unspecified atom stereocenters. The van der Waals surface area contributed by atoms with Crippen LogP contribution in [0.3, 0.4) is 0 Å². The summed E-state index contributed by atoms with van der Waals surface area (Å²) in [6.07, 6.45) is 1.97. The lowest BCUT2D eigenvalue weighted by Gasteiger charge is -2.32. The summed E-state index contributed by atoms with van der Waals surface area (Å²) in [6.45, 7) is -0.195. The maximum Gasteiger partial charge on any atom is 0.338 e. The minimum Gasteiger partial charge on any atom is -0.456 e. The second-order valence-corrected chi connectivity index (χ2v) is 8.17. The fraction of sp³-hybridized carbons (Fsp3) is 0.227. The number of amides is 3. The van der Waals surface area contributed by atoms with E-state index in [1.165, 1.54) is 4.90 Å². The Bertz CT molecular complexity index is 1150. The zero-order valence-electron chi connectivity index (χ0n) is 17.0. The van der Waals surface area contributed by atoms with E-state index in [2.05, 4.69) is 10.6 Å². The highest BCUT2D eigenvalue weighted by molar-refractivity contribution is 7.98. The van der Waals surface area contributed by atoms with Gasteiger partial charge in [-0.25, -0.2) is 9.59 Å². The number of thioether (sulfide) groups is 1. The van der Waals surface area contributed by atoms with Gasteiger partial charge in [-0.05, 0) is 36.1 Å². The van der Waals surface area contributed by atoms with Crippen molar-refractivity contribution in [3.8, 4) is 11.5 Å². The van der Waals surface area contributed by atoms with Crippen LogP contribution in [0.15, 0.2) is 58.6 Å². The van der Waals surface area contributed by atoms with Gasteiger partial charge in [0.1, 0.15) is 13.2 Å². The molecule has 0 saturated heterocycles. The fourth-order valence-electron chi connectivity index (χ4n) is 3.84. The van der Waals surface area contributed by atoms with Gasteiger partial charge in [-0.2, -0.15) is 0 Å². The van der Waals surface area contributed by atoms with Gasteiger partial charge in [0.2, 0.25) is 12.7 Å². The van der Waals surface area contributed by atoms with Crippen molar-refractivity contribution in [2.75, 3.05) is 31.5 Å². The highest BCUT2D eigenvalue weighted by Gasteiger charge is 2.42. The lowest BCUT2D eigenvalue weighted by atomic mass is 9.96. The van der Waals surface area contributed by atoms with E-state index in [4.69, 9.17) is 14.2 Å². The molecule has 2 aromatic carbocycles. The molecule has 2 N–H and O–H groups in total. The minimum absolute atomic E-state index is 0.0573. The molecule has 5 rings (SSSR count). The number of hydrogen-bond acceptors (Lipinski definition) is 7. The minimum atomic E-state index is -0.628. The molecule has 3 heterocycles. The third kappa shape index (κ3) is 3.62. The number of ether oxygens (including phenoxy) is 3. The molecule has 10 heteroatoms. The Morgan fingerprint density at radius 2 is 1.91 bits per heavy atom. The van der Waals surface area contributed by atoms with Gasteiger partial charge in [-0.1, -0.05) is 12.1 Å². The van der Waals surface area contributed by atoms with E-state index in [9.17, 15) is 14.4 Å². The maximum absolute atomic E-state index is 12.9. The summed E-state index contributed by atoms with van der Waals surface area (Å²) in [5, 5.41) is 5.57. The van der Waals surface area contributed by atoms with E-state index < -0.39 is 23.9 Å². The Labute approximate surface area is 187 Å². The third-order valence-electron chi connectivity index (χ3n) is 5.41. The average molecular weight is 453 g/mol. The highest BCUT2D eigenvalue weighted by atomic mass is 32.2. The van der Waals surface area contributed by atoms with E-state index in [0.29, 0.717) is 28.5 Å². The Balaban J connectivity index is 1.36. The van der Waals surface area contributed by atoms with Crippen LogP contribution in [-0.4, -0.2) is 49.0 Å². The second-order valence-electron chi connectivity index (χ2n) is 7.29. The second kappa shape index (κ2) is 8.12. The summed E-state index contributed by atoms with van der Waals surface area (Å²) in [4.78, 5) is 40.3. The molecule has 2 aromatic rings. The number of hydrogen-bond donors (Lipinski definition) is 2. The molecule has 0 spiro atoms. The van der Waals surface area contributed by atoms with Crippen molar-refractivity contribution in [2.24, 2.45) is 0 Å². The lowest BCUT2D eigenvalue weighted by Crippen LogP contribution is -2.49. The molecule has 0 aliphatic carbocycles. The van der Waals surface area contributed by atoms with Crippen molar-refractivity contribution >= 4 is 35.4 Å². The Hall–Kier alpha value is -3.66. The molecular weight excluding hydrogens is 434 g/mol. The number of rotatable bonds is 5. The predicted octanol–water partition coefficient (Wildman–Crippen LogP) is 2.65. The van der Waals surface area contributed by atoms with Crippen molar-refractivity contribution < 1.29 is 28.6 Å². The number of fused-ring (bicyclic) bond motifs is 1. The van der Waals surface area contributed by atoms with Gasteiger partial charge in [0.15, 0.2) is 11.5 Å². The number of cyclic esters (lactones) is 1. The Kier molecular flexibility index (Phi) is 5.14. The molecule has 3 aliphatic heterocycles. The predicted molar refractivity (Wildman–Crippen MR) is 115 cm³/mol. The Morgan fingerprint density at radius 1 is 1.12 bits per heavy atom. The van der Waals surface area contributed by atoms with Crippen molar-refractivity contribution in [3.05, 3.63) is 59.3 Å². The van der Waals surface area contributed by atoms with Gasteiger partial charge < -0.3 is 24.8 Å². The quantitative estimate of drug-likeness (QED) is 0.530. The first-order valence-corrected chi connectivity index (χ1v) is 11.1. The Morgan fingerprint density at radius 3 is 2.69 bits per heavy atom. The molecule has 3 aliphatic rings. The number of anilines is 1. The zero-order chi connectivity index (χ0) is 22.2. The van der Waals surface area contributed by atoms with Gasteiger partial charge in [0.05, 0.1) is 17.3 Å². The smallest absolute Gasteiger partial charge is 0.338 e. The zero-order valence-corrected chi connectivity index (χ0v) is 17.9. The number of carbonyl (C=O) groups excluding carboxylic acids is 3. The first-order chi connectivity index (χ1) is 15.5. The van der Waals surface area contributed by atoms with Crippen molar-refractivity contribution in [1.29, 1.82) is 0 Å². The summed E-state index contributed by atoms with van der Waals surface area (Å²) in [5.74, 6) is 0.216. The van der Waals surface area contributed by atoms with Gasteiger partial charge in [-0.3, -0.25) is 9.69 Å². The molecular formula is C22H19N3O6S. The fourth-order valence-corrected chi connectivity index (χ4v) is 4.25. The number of nitrogens with zero attached hydrogens (tertiary/aromatic N) is 1. The number of benzene rings is 2. The number of urea groups is 1. The average Bonchev–Trinajstić information content (AvgIpc) is 3.42. The van der Waals surface area contributed by atoms with E-state index >= 15 is 0 Å². The SMILES string of the molecule is CSc1ccc(C2NC(=O)N(CC(=O)Nc3ccc4c(c3)OCO4)C3=C2C(=O)OC3)cc1. The molecule has 0 bridgehead atoms. The van der Waals surface area contributed by atoms with Gasteiger partial charge in [0, 0.05) is 16.6 Å². The van der Waals surface area contributed by atoms with Crippen molar-refractivity contribution in [1.82, 2.24) is 10.2 Å². The molecule has 3 amide bonds. The van der Waals surface area contributed by atoms with E-state index in [1.54, 1.807) is 30.0 Å². The van der Waals surface area contributed by atoms with Crippen LogP contribution in [0.5, 0.6) is 11.5 Å². The molecule has 1 atom stereocenters. The summed E-state index contributed by atoms with van der Waals surface area (Å²) < 4.78 is 15.8. The standard InChI is InChI=1S/C22H19N3O6S/c1-32-14-5-2-12(3-6-14)20-19-15(10-29-21(19)27)25(22(28)24-20)9-18(26)23-13-4-7-16-17(8-13)31-11-30-16/h2-8,20H,9-11H2,1H3,(H,23,26)(H,24,28). The molecule has 9 nitrogen and oxygen atoms in total. The number of nitrogens with one attached hydrogen (secondary N) is 2. The third-order valence-corrected chi connectivity index (χ3v) is 6.15. The molecule has 0 radical (unpaired) electrons. The van der Waals surface area contributed by atoms with Crippen LogP contribution in [0.4, 0.5) is 10.5 Å². The monoisotopic (exact) mass is 453 g/mol. The summed E-state index contributed by atoms with van der Waals surface area (Å²) in [7, 11) is 0. The van der Waals surface area contributed by atoms with Gasteiger partial charge >= 0.3 is 12.0 Å². The van der Waals surface area contributed by atoms with Crippen molar-refractivity contribution in [3.63, 3.8) is 0 Å². The first kappa shape index (κ1) is 20.3. The maximum atomic E-state index is 12.9. The normalized spacial score (nSPS) is 18.9. The summed E-state index contributed by atoms with van der Waals surface area (Å²) in [6, 6.07) is 11.5. The van der Waals surface area contributed by atoms with E-state index in [-0.39, 0.29) is 19.9 Å². The molecule has 0 fully saturated rings. The van der Waals surface area contributed by atoms with Crippen LogP contribution in [-0.2, 0) is 14.3 Å². The van der Waals surface area contributed by atoms with E-state index in [1.807, 2.05) is 30.5 Å². The van der Waals surface area contributed by atoms with Crippen LogP contribution in [0.2, 0.25) is 0 Å². The van der Waals surface area contributed by atoms with Crippen LogP contribution in [0.1, 0.15) is 11.6 Å². The van der Waals surface area contributed by atoms with Gasteiger partial charge in [0.25, 0.3) is 0 Å². The van der Waals surface area contributed by atoms with Crippen LogP contribution < -0.4 is 20.1 Å². The molecule has 0 aromatic heterocycles. The summed E-state index contributed by atoms with van der Waals surface area (Å²) in [5.41, 5.74) is 2.03. The highest BCUT2D eigenvalue weighted by Crippen LogP contribution is 2.36. The molecule has 0 saturated carbocycles. The van der Waals surface area contributed by atoms with Gasteiger partial charge in [-0.15, -0.1) is 11.8 Å². The largest absolute Gasteiger partial charge is 0.456 e.